The number of aliphatic carboxylic acids is 1. The lowest BCUT2D eigenvalue weighted by atomic mass is 9.92. The molecule has 232 valence electrons. The number of amides is 2. The third kappa shape index (κ3) is 9.47. The minimum absolute atomic E-state index is 0.110. The van der Waals surface area contributed by atoms with Crippen molar-refractivity contribution in [2.75, 3.05) is 13.1 Å². The van der Waals surface area contributed by atoms with E-state index in [1.165, 1.54) is 6.33 Å². The minimum atomic E-state index is -1.07. The van der Waals surface area contributed by atoms with E-state index >= 15 is 0 Å². The van der Waals surface area contributed by atoms with Gasteiger partial charge in [-0.25, -0.2) is 14.8 Å². The Morgan fingerprint density at radius 3 is 2.18 bits per heavy atom. The lowest BCUT2D eigenvalue weighted by Crippen LogP contribution is -2.44. The molecule has 1 atom stereocenters. The van der Waals surface area contributed by atoms with Gasteiger partial charge in [0.15, 0.2) is 0 Å². The fourth-order valence-electron chi connectivity index (χ4n) is 5.52. The maximum absolute atomic E-state index is 12.9. The quantitative estimate of drug-likeness (QED) is 0.217. The summed E-state index contributed by atoms with van der Waals surface area (Å²) in [6.45, 7) is 1.65. The van der Waals surface area contributed by atoms with Gasteiger partial charge in [0.1, 0.15) is 24.7 Å². The first-order valence-corrected chi connectivity index (χ1v) is 15.3. The largest absolute Gasteiger partial charge is 0.489 e. The van der Waals surface area contributed by atoms with Gasteiger partial charge in [0.2, 0.25) is 11.8 Å². The van der Waals surface area contributed by atoms with E-state index in [0.717, 1.165) is 40.7 Å². The van der Waals surface area contributed by atoms with E-state index in [1.54, 1.807) is 12.4 Å². The molecule has 9 nitrogen and oxygen atoms in total. The van der Waals surface area contributed by atoms with E-state index in [-0.39, 0.29) is 30.6 Å². The molecule has 5 rings (SSSR count). The Morgan fingerprint density at radius 2 is 1.51 bits per heavy atom. The lowest BCUT2D eigenvalue weighted by molar-refractivity contribution is -0.142. The van der Waals surface area contributed by atoms with E-state index in [9.17, 15) is 19.5 Å². The second-order valence-electron chi connectivity index (χ2n) is 11.4. The van der Waals surface area contributed by atoms with Gasteiger partial charge in [-0.3, -0.25) is 9.59 Å². The van der Waals surface area contributed by atoms with Gasteiger partial charge in [0, 0.05) is 50.3 Å². The summed E-state index contributed by atoms with van der Waals surface area (Å²) >= 11 is 0. The zero-order chi connectivity index (χ0) is 31.4. The normalized spacial score (nSPS) is 14.0. The van der Waals surface area contributed by atoms with Gasteiger partial charge in [-0.2, -0.15) is 0 Å². The first kappa shape index (κ1) is 31.4. The van der Waals surface area contributed by atoms with E-state index in [1.807, 2.05) is 83.8 Å². The van der Waals surface area contributed by atoms with Crippen molar-refractivity contribution >= 4 is 17.8 Å². The maximum Gasteiger partial charge on any atom is 0.326 e. The summed E-state index contributed by atoms with van der Waals surface area (Å²) in [7, 11) is 0. The van der Waals surface area contributed by atoms with Crippen LogP contribution in [0.3, 0.4) is 0 Å². The molecule has 9 heteroatoms. The SMILES string of the molecule is O=C(CC1CCN(C(=O)CCc2ccc(-c3cncnc3)cc2)CC1)N[C@@H](Cc1ccc(OCc2ccccc2)cc1)C(=O)O. The van der Waals surface area contributed by atoms with E-state index in [4.69, 9.17) is 4.74 Å². The third-order valence-corrected chi connectivity index (χ3v) is 8.16. The van der Waals surface area contributed by atoms with Crippen molar-refractivity contribution in [3.05, 3.63) is 114 Å². The number of aryl methyl sites for hydroxylation is 1. The van der Waals surface area contributed by atoms with Crippen molar-refractivity contribution in [3.8, 4) is 16.9 Å². The number of carbonyl (C=O) groups excluding carboxylic acids is 2. The maximum atomic E-state index is 12.9. The summed E-state index contributed by atoms with van der Waals surface area (Å²) in [5, 5.41) is 12.5. The molecule has 2 amide bonds. The van der Waals surface area contributed by atoms with Crippen molar-refractivity contribution in [1.29, 1.82) is 0 Å². The molecule has 3 aromatic carbocycles. The standard InChI is InChI=1S/C36H38N4O5/c41-34(39-33(36(43)44)20-27-8-13-32(14-9-27)45-24-29-4-2-1-3-5-29)21-28-16-18-40(19-17-28)35(42)15-10-26-6-11-30(12-7-26)31-22-37-25-38-23-31/h1-9,11-14,22-23,25,28,33H,10,15-21,24H2,(H,39,41)(H,43,44)/t33-/m0/s1. The number of aromatic nitrogens is 2. The number of nitrogens with zero attached hydrogens (tertiary/aromatic N) is 3. The van der Waals surface area contributed by atoms with Crippen LogP contribution in [0.5, 0.6) is 5.75 Å². The van der Waals surface area contributed by atoms with Gasteiger partial charge in [-0.05, 0) is 59.6 Å². The lowest BCUT2D eigenvalue weighted by Gasteiger charge is -2.32. The van der Waals surface area contributed by atoms with Crippen LogP contribution >= 0.6 is 0 Å². The monoisotopic (exact) mass is 606 g/mol. The highest BCUT2D eigenvalue weighted by Crippen LogP contribution is 2.23. The fourth-order valence-corrected chi connectivity index (χ4v) is 5.52. The molecule has 1 fully saturated rings. The molecule has 0 saturated carbocycles. The number of ether oxygens (including phenoxy) is 1. The van der Waals surface area contributed by atoms with Crippen LogP contribution in [0.4, 0.5) is 0 Å². The molecular weight excluding hydrogens is 568 g/mol. The van der Waals surface area contributed by atoms with Gasteiger partial charge in [0.25, 0.3) is 0 Å². The molecule has 0 aliphatic carbocycles. The van der Waals surface area contributed by atoms with Crippen LogP contribution in [0.1, 0.15) is 42.4 Å². The Balaban J connectivity index is 1.02. The highest BCUT2D eigenvalue weighted by atomic mass is 16.5. The van der Waals surface area contributed by atoms with Gasteiger partial charge in [-0.15, -0.1) is 0 Å². The van der Waals surface area contributed by atoms with E-state index in [2.05, 4.69) is 15.3 Å². The van der Waals surface area contributed by atoms with Crippen molar-refractivity contribution < 1.29 is 24.2 Å². The molecule has 1 aliphatic rings. The summed E-state index contributed by atoms with van der Waals surface area (Å²) in [6.07, 6.45) is 7.99. The fraction of sp³-hybridized carbons (Fsp3) is 0.306. The minimum Gasteiger partial charge on any atom is -0.489 e. The molecule has 45 heavy (non-hydrogen) atoms. The van der Waals surface area contributed by atoms with Gasteiger partial charge >= 0.3 is 5.97 Å². The van der Waals surface area contributed by atoms with Crippen LogP contribution in [-0.4, -0.2) is 56.9 Å². The van der Waals surface area contributed by atoms with Crippen molar-refractivity contribution in [2.24, 2.45) is 5.92 Å². The summed E-state index contributed by atoms with van der Waals surface area (Å²) in [6, 6.07) is 24.2. The molecule has 0 radical (unpaired) electrons. The number of benzene rings is 3. The van der Waals surface area contributed by atoms with E-state index in [0.29, 0.717) is 38.3 Å². The van der Waals surface area contributed by atoms with Crippen LogP contribution < -0.4 is 10.1 Å². The molecule has 1 saturated heterocycles. The van der Waals surface area contributed by atoms with E-state index < -0.39 is 12.0 Å². The summed E-state index contributed by atoms with van der Waals surface area (Å²) in [5.41, 5.74) is 4.93. The number of piperidine rings is 1. The molecule has 0 bridgehead atoms. The molecule has 4 aromatic rings. The number of likely N-dealkylation sites (tertiary alicyclic amines) is 1. The zero-order valence-corrected chi connectivity index (χ0v) is 25.2. The topological polar surface area (TPSA) is 122 Å². The van der Waals surface area contributed by atoms with Crippen LogP contribution in [0.2, 0.25) is 0 Å². The Morgan fingerprint density at radius 1 is 0.844 bits per heavy atom. The molecule has 0 spiro atoms. The second kappa shape index (κ2) is 15.6. The van der Waals surface area contributed by atoms with Gasteiger partial charge < -0.3 is 20.1 Å². The Labute approximate surface area is 263 Å². The zero-order valence-electron chi connectivity index (χ0n) is 25.2. The highest BCUT2D eigenvalue weighted by molar-refractivity contribution is 5.84. The number of carboxylic acid groups (broad SMARTS) is 1. The number of nitrogens with one attached hydrogen (secondary N) is 1. The smallest absolute Gasteiger partial charge is 0.326 e. The number of carbonyl (C=O) groups is 3. The van der Waals surface area contributed by atoms with Crippen molar-refractivity contribution in [1.82, 2.24) is 20.2 Å². The summed E-state index contributed by atoms with van der Waals surface area (Å²) in [4.78, 5) is 47.6. The van der Waals surface area contributed by atoms with Gasteiger partial charge in [-0.1, -0.05) is 66.7 Å². The predicted molar refractivity (Wildman–Crippen MR) is 170 cm³/mol. The molecular formula is C36H38N4O5. The molecule has 2 heterocycles. The van der Waals surface area contributed by atoms with Crippen molar-refractivity contribution in [3.63, 3.8) is 0 Å². The number of carboxylic acids is 1. The molecule has 1 aliphatic heterocycles. The first-order valence-electron chi connectivity index (χ1n) is 15.3. The van der Waals surface area contributed by atoms with Crippen LogP contribution in [0, 0.1) is 5.92 Å². The number of hydrogen-bond acceptors (Lipinski definition) is 6. The third-order valence-electron chi connectivity index (χ3n) is 8.16. The van der Waals surface area contributed by atoms with Crippen LogP contribution in [-0.2, 0) is 33.8 Å². The molecule has 1 aromatic heterocycles. The highest BCUT2D eigenvalue weighted by Gasteiger charge is 2.26. The van der Waals surface area contributed by atoms with Gasteiger partial charge in [0.05, 0.1) is 0 Å². The molecule has 0 unspecified atom stereocenters. The first-order chi connectivity index (χ1) is 21.9. The predicted octanol–water partition coefficient (Wildman–Crippen LogP) is 5.10. The summed E-state index contributed by atoms with van der Waals surface area (Å²) < 4.78 is 5.81. The average Bonchev–Trinajstić information content (AvgIpc) is 3.08. The Kier molecular flexibility index (Phi) is 10.9. The van der Waals surface area contributed by atoms with Crippen molar-refractivity contribution in [2.45, 2.75) is 51.2 Å². The van der Waals surface area contributed by atoms with Crippen LogP contribution in [0.15, 0.2) is 97.6 Å². The number of rotatable bonds is 13. The number of hydrogen-bond donors (Lipinski definition) is 2. The second-order valence-corrected chi connectivity index (χ2v) is 11.4. The Hall–Kier alpha value is -5.05. The van der Waals surface area contributed by atoms with Crippen LogP contribution in [0.25, 0.3) is 11.1 Å². The average molecular weight is 607 g/mol. The summed E-state index contributed by atoms with van der Waals surface area (Å²) in [5.74, 6) is -0.436. The Bertz CT molecular complexity index is 1540. The molecule has 2 N–H and O–H groups in total.